The maximum absolute atomic E-state index is 6.35. The summed E-state index contributed by atoms with van der Waals surface area (Å²) in [4.78, 5) is 32.3. The molecule has 1 aliphatic rings. The highest BCUT2D eigenvalue weighted by molar-refractivity contribution is 6.62. The second-order valence-electron chi connectivity index (χ2n) is 23.3. The summed E-state index contributed by atoms with van der Waals surface area (Å²) in [6.45, 7) is 16.3. The van der Waals surface area contributed by atoms with Crippen LogP contribution in [0.3, 0.4) is 0 Å². The van der Waals surface area contributed by atoms with Crippen molar-refractivity contribution in [2.75, 3.05) is 0 Å². The van der Waals surface area contributed by atoms with Crippen molar-refractivity contribution in [1.82, 2.24) is 34.9 Å². The number of rotatable bonds is 6. The number of nitrogens with zero attached hydrogens (tertiary/aromatic N) is 7. The van der Waals surface area contributed by atoms with Gasteiger partial charge in [0.2, 0.25) is 0 Å². The summed E-state index contributed by atoms with van der Waals surface area (Å²) in [6.07, 6.45) is 11.1. The van der Waals surface area contributed by atoms with Crippen LogP contribution in [0, 0.1) is 27.7 Å². The summed E-state index contributed by atoms with van der Waals surface area (Å²) < 4.78 is 12.2. The molecule has 424 valence electrons. The van der Waals surface area contributed by atoms with Crippen LogP contribution in [0.25, 0.3) is 121 Å². The molecule has 87 heavy (non-hydrogen) atoms. The molecule has 7 aromatic heterocycles. The first kappa shape index (κ1) is 56.8. The Kier molecular flexibility index (Phi) is 15.1. The fourth-order valence-corrected chi connectivity index (χ4v) is 12.3. The summed E-state index contributed by atoms with van der Waals surface area (Å²) >= 11 is 12.7. The smallest absolute Gasteiger partial charge is 0.399 e. The third-order valence-electron chi connectivity index (χ3n) is 16.7. The lowest BCUT2D eigenvalue weighted by atomic mass is 9.78. The zero-order chi connectivity index (χ0) is 60.1. The van der Waals surface area contributed by atoms with E-state index in [-0.39, 0.29) is 18.3 Å². The average molecular weight is 1170 g/mol. The second-order valence-corrected chi connectivity index (χ2v) is 24.1. The molecule has 14 aromatic rings. The average Bonchev–Trinajstić information content (AvgIpc) is 1.49. The summed E-state index contributed by atoms with van der Waals surface area (Å²) in [5, 5.41) is 9.92. The van der Waals surface area contributed by atoms with Gasteiger partial charge in [-0.1, -0.05) is 151 Å². The summed E-state index contributed by atoms with van der Waals surface area (Å²) in [7, 11) is -0.327. The number of fused-ring (bicyclic) bond motifs is 10. The van der Waals surface area contributed by atoms with Crippen molar-refractivity contribution in [1.29, 1.82) is 0 Å². The van der Waals surface area contributed by atoms with Crippen LogP contribution in [-0.4, -0.2) is 53.2 Å². The van der Waals surface area contributed by atoms with Crippen LogP contribution in [0.4, 0.5) is 0 Å². The van der Waals surface area contributed by atoms with Gasteiger partial charge >= 0.3 is 7.12 Å². The SMILES string of the molecule is CC1(C)OB(c2cccc(-c3cccnc3)c2)OC1(C)C.Cc1cc(-c2cccc(-c3cccnc3)c2)c2ccc3c(ccc4c(-c5cccc(-c6cccnc6)c5)cc(C)nc43)c2n1.Cc1cc(Cl)c2ccc3c(ccc4c(Cl)cc(C)nc43)c2n1. The number of hydrogen-bond donors (Lipinski definition) is 0. The van der Waals surface area contributed by atoms with E-state index in [1.807, 2.05) is 99.2 Å². The normalized spacial score (nSPS) is 13.5. The molecule has 7 aromatic carbocycles. The Morgan fingerprint density at radius 2 is 0.632 bits per heavy atom. The van der Waals surface area contributed by atoms with Gasteiger partial charge in [0, 0.05) is 114 Å². The minimum Gasteiger partial charge on any atom is -0.399 e. The summed E-state index contributed by atoms with van der Waals surface area (Å²) in [6, 6.07) is 62.8. The Labute approximate surface area is 516 Å². The van der Waals surface area contributed by atoms with Crippen LogP contribution in [0.1, 0.15) is 50.5 Å². The molecular formula is C75H60BCl2N7O2. The maximum atomic E-state index is 6.35. The van der Waals surface area contributed by atoms with Crippen LogP contribution in [0.2, 0.25) is 10.0 Å². The minimum atomic E-state index is -0.327. The highest BCUT2D eigenvalue weighted by atomic mass is 35.5. The van der Waals surface area contributed by atoms with E-state index in [0.717, 1.165) is 148 Å². The Hall–Kier alpha value is -9.29. The van der Waals surface area contributed by atoms with Gasteiger partial charge in [0.05, 0.1) is 43.3 Å². The fraction of sp³-hybridized carbons (Fsp3) is 0.133. The van der Waals surface area contributed by atoms with E-state index in [1.165, 1.54) is 11.1 Å². The molecule has 15 rings (SSSR count). The first-order valence-electron chi connectivity index (χ1n) is 29.0. The third-order valence-corrected chi connectivity index (χ3v) is 17.3. The molecule has 0 amide bonds. The molecule has 0 atom stereocenters. The number of hydrogen-bond acceptors (Lipinski definition) is 9. The van der Waals surface area contributed by atoms with Gasteiger partial charge in [0.15, 0.2) is 0 Å². The molecule has 1 fully saturated rings. The fourth-order valence-electron chi connectivity index (χ4n) is 11.6. The molecule has 0 bridgehead atoms. The Morgan fingerprint density at radius 1 is 0.322 bits per heavy atom. The molecule has 9 nitrogen and oxygen atoms in total. The number of pyridine rings is 7. The lowest BCUT2D eigenvalue weighted by Gasteiger charge is -2.32. The molecule has 0 saturated carbocycles. The number of halogens is 2. The minimum absolute atomic E-state index is 0.317. The van der Waals surface area contributed by atoms with Crippen molar-refractivity contribution in [3.63, 3.8) is 0 Å². The van der Waals surface area contributed by atoms with Crippen LogP contribution in [0.15, 0.2) is 219 Å². The van der Waals surface area contributed by atoms with Gasteiger partial charge in [0.1, 0.15) is 0 Å². The number of aryl methyl sites for hydroxylation is 4. The van der Waals surface area contributed by atoms with Gasteiger partial charge in [-0.15, -0.1) is 0 Å². The van der Waals surface area contributed by atoms with Crippen molar-refractivity contribution < 1.29 is 9.31 Å². The van der Waals surface area contributed by atoms with Crippen molar-refractivity contribution in [3.05, 3.63) is 252 Å². The first-order valence-corrected chi connectivity index (χ1v) is 29.8. The molecule has 0 spiro atoms. The van der Waals surface area contributed by atoms with Gasteiger partial charge in [0.25, 0.3) is 0 Å². The largest absolute Gasteiger partial charge is 0.494 e. The molecule has 0 aliphatic carbocycles. The zero-order valence-electron chi connectivity index (χ0n) is 49.6. The highest BCUT2D eigenvalue weighted by Gasteiger charge is 2.51. The van der Waals surface area contributed by atoms with Crippen LogP contribution < -0.4 is 5.46 Å². The lowest BCUT2D eigenvalue weighted by Crippen LogP contribution is -2.41. The monoisotopic (exact) mass is 1170 g/mol. The summed E-state index contributed by atoms with van der Waals surface area (Å²) in [5.74, 6) is 0. The Morgan fingerprint density at radius 3 is 1.01 bits per heavy atom. The highest BCUT2D eigenvalue weighted by Crippen LogP contribution is 2.41. The van der Waals surface area contributed by atoms with E-state index < -0.39 is 0 Å². The van der Waals surface area contributed by atoms with Crippen molar-refractivity contribution in [3.8, 4) is 55.6 Å². The van der Waals surface area contributed by atoms with E-state index in [4.69, 9.17) is 42.5 Å². The molecule has 0 radical (unpaired) electrons. The van der Waals surface area contributed by atoms with Crippen LogP contribution in [0.5, 0.6) is 0 Å². The van der Waals surface area contributed by atoms with Crippen molar-refractivity contribution >= 4 is 101 Å². The topological polar surface area (TPSA) is 109 Å². The first-order chi connectivity index (χ1) is 42.1. The van der Waals surface area contributed by atoms with E-state index in [0.29, 0.717) is 0 Å². The molecule has 12 heteroatoms. The van der Waals surface area contributed by atoms with Crippen molar-refractivity contribution in [2.45, 2.75) is 66.6 Å². The Bertz CT molecular complexity index is 4700. The third kappa shape index (κ3) is 11.2. The van der Waals surface area contributed by atoms with E-state index in [2.05, 4.69) is 182 Å². The number of aromatic nitrogens is 7. The van der Waals surface area contributed by atoms with Gasteiger partial charge in [-0.3, -0.25) is 34.9 Å². The van der Waals surface area contributed by atoms with E-state index >= 15 is 0 Å². The van der Waals surface area contributed by atoms with Crippen LogP contribution >= 0.6 is 23.2 Å². The quantitative estimate of drug-likeness (QED) is 0.119. The van der Waals surface area contributed by atoms with Gasteiger partial charge in [-0.05, 0) is 160 Å². The molecular weight excluding hydrogens is 1110 g/mol. The molecule has 1 aliphatic heterocycles. The van der Waals surface area contributed by atoms with E-state index in [1.54, 1.807) is 18.6 Å². The standard InChI is InChI=1S/C40H28N4.C18H12Cl2N2.C17H20BNO2/c1-25-19-37(29-9-3-7-27(21-29)31-11-5-17-41-23-31)35-15-14-34-33(39(35)43-25)13-16-36-38(20-26(2)44-40(34)36)30-10-4-8-28(22-30)32-12-6-18-42-24-32;1-9-7-15(19)13-5-4-12-11(17(13)21-9)3-6-14-16(20)8-10(2)22-18(12)14;1-16(2)17(3,4)21-18(20-16)15-9-5-7-13(11-15)14-8-6-10-19-12-14/h3-24H,1-2H3;3-8H,1-2H3;5-12H,1-4H3. The van der Waals surface area contributed by atoms with Crippen molar-refractivity contribution in [2.24, 2.45) is 0 Å². The zero-order valence-corrected chi connectivity index (χ0v) is 51.1. The summed E-state index contributed by atoms with van der Waals surface area (Å²) in [5.41, 5.74) is 19.3. The van der Waals surface area contributed by atoms with Gasteiger partial charge in [-0.25, -0.2) is 0 Å². The van der Waals surface area contributed by atoms with Gasteiger partial charge in [-0.2, -0.15) is 0 Å². The predicted molar refractivity (Wildman–Crippen MR) is 361 cm³/mol. The maximum Gasteiger partial charge on any atom is 0.494 e. The Balaban J connectivity index is 0.000000136. The predicted octanol–water partition coefficient (Wildman–Crippen LogP) is 18.9. The second kappa shape index (κ2) is 23.2. The number of benzene rings is 7. The molecule has 1 saturated heterocycles. The molecule has 8 heterocycles. The van der Waals surface area contributed by atoms with Gasteiger partial charge < -0.3 is 9.31 Å². The van der Waals surface area contributed by atoms with E-state index in [9.17, 15) is 0 Å². The lowest BCUT2D eigenvalue weighted by molar-refractivity contribution is 0.00578. The molecule has 0 N–H and O–H groups in total. The molecule has 0 unspecified atom stereocenters. The van der Waals surface area contributed by atoms with Crippen LogP contribution in [-0.2, 0) is 9.31 Å².